The summed E-state index contributed by atoms with van der Waals surface area (Å²) in [7, 11) is 0. The summed E-state index contributed by atoms with van der Waals surface area (Å²) in [6.07, 6.45) is -0.754. The van der Waals surface area contributed by atoms with E-state index in [0.29, 0.717) is 11.6 Å². The largest absolute Gasteiger partial charge is 0.386 e. The molecular weight excluding hydrogens is 232 g/mol. The van der Waals surface area contributed by atoms with E-state index in [0.717, 1.165) is 17.1 Å². The third-order valence-corrected chi connectivity index (χ3v) is 3.78. The lowest BCUT2D eigenvalue weighted by Crippen LogP contribution is -2.29. The number of rotatable bonds is 2. The maximum atomic E-state index is 10.1. The molecule has 2 nitrogen and oxygen atoms in total. The first-order valence-electron chi connectivity index (χ1n) is 4.91. The highest BCUT2D eigenvalue weighted by molar-refractivity contribution is 7.99. The van der Waals surface area contributed by atoms with Gasteiger partial charge < -0.3 is 9.84 Å². The topological polar surface area (TPSA) is 29.5 Å². The predicted octanol–water partition coefficient (Wildman–Crippen LogP) is 2.51. The molecule has 0 spiro atoms. The molecule has 1 aromatic carbocycles. The molecule has 2 unspecified atom stereocenters. The molecule has 0 saturated carbocycles. The summed E-state index contributed by atoms with van der Waals surface area (Å²) in [5.41, 5.74) is 0.756. The van der Waals surface area contributed by atoms with Crippen LogP contribution in [0.5, 0.6) is 0 Å². The molecule has 0 radical (unpaired) electrons. The standard InChI is InChI=1S/C11H13ClO2S/c12-9-4-2-1-3-8(9)11(13)10-7-15-6-5-14-10/h1-4,10-11,13H,5-7H2. The van der Waals surface area contributed by atoms with Gasteiger partial charge >= 0.3 is 0 Å². The van der Waals surface area contributed by atoms with E-state index >= 15 is 0 Å². The van der Waals surface area contributed by atoms with Crippen molar-refractivity contribution in [2.24, 2.45) is 0 Å². The highest BCUT2D eigenvalue weighted by atomic mass is 35.5. The maximum Gasteiger partial charge on any atom is 0.107 e. The Morgan fingerprint density at radius 1 is 1.47 bits per heavy atom. The van der Waals surface area contributed by atoms with Gasteiger partial charge in [0.05, 0.1) is 12.7 Å². The number of benzene rings is 1. The summed E-state index contributed by atoms with van der Waals surface area (Å²) in [6.45, 7) is 0.705. The summed E-state index contributed by atoms with van der Waals surface area (Å²) in [6, 6.07) is 7.36. The quantitative estimate of drug-likeness (QED) is 0.867. The van der Waals surface area contributed by atoms with Gasteiger partial charge in [0, 0.05) is 22.1 Å². The molecule has 1 heterocycles. The number of halogens is 1. The molecule has 1 fully saturated rings. The first-order chi connectivity index (χ1) is 7.29. The molecule has 1 aromatic rings. The van der Waals surface area contributed by atoms with Crippen LogP contribution >= 0.6 is 23.4 Å². The lowest BCUT2D eigenvalue weighted by Gasteiger charge is -2.27. The van der Waals surface area contributed by atoms with Crippen molar-refractivity contribution in [3.63, 3.8) is 0 Å². The fourth-order valence-corrected chi connectivity index (χ4v) is 2.74. The van der Waals surface area contributed by atoms with E-state index in [-0.39, 0.29) is 6.10 Å². The summed E-state index contributed by atoms with van der Waals surface area (Å²) in [5.74, 6) is 1.83. The molecule has 2 rings (SSSR count). The minimum absolute atomic E-state index is 0.136. The maximum absolute atomic E-state index is 10.1. The number of aliphatic hydroxyl groups is 1. The van der Waals surface area contributed by atoms with Crippen LogP contribution in [0.4, 0.5) is 0 Å². The Bertz CT molecular complexity index is 326. The van der Waals surface area contributed by atoms with Crippen molar-refractivity contribution in [3.8, 4) is 0 Å². The Labute approximate surface area is 98.6 Å². The fraction of sp³-hybridized carbons (Fsp3) is 0.455. The van der Waals surface area contributed by atoms with Gasteiger partial charge in [-0.15, -0.1) is 0 Å². The van der Waals surface area contributed by atoms with Crippen LogP contribution in [0, 0.1) is 0 Å². The number of hydrogen-bond donors (Lipinski definition) is 1. The number of ether oxygens (including phenoxy) is 1. The molecule has 0 bridgehead atoms. The van der Waals surface area contributed by atoms with Crippen LogP contribution in [-0.2, 0) is 4.74 Å². The van der Waals surface area contributed by atoms with E-state index in [4.69, 9.17) is 16.3 Å². The van der Waals surface area contributed by atoms with E-state index in [1.54, 1.807) is 17.8 Å². The molecular formula is C11H13ClO2S. The SMILES string of the molecule is OC(c1ccccc1Cl)C1CSCCO1. The monoisotopic (exact) mass is 244 g/mol. The molecule has 82 valence electrons. The van der Waals surface area contributed by atoms with Crippen molar-refractivity contribution in [1.29, 1.82) is 0 Å². The van der Waals surface area contributed by atoms with Crippen molar-refractivity contribution in [2.75, 3.05) is 18.1 Å². The van der Waals surface area contributed by atoms with Crippen LogP contribution in [0.1, 0.15) is 11.7 Å². The van der Waals surface area contributed by atoms with Gasteiger partial charge in [0.15, 0.2) is 0 Å². The molecule has 0 aliphatic carbocycles. The van der Waals surface area contributed by atoms with Crippen LogP contribution in [0.3, 0.4) is 0 Å². The summed E-state index contributed by atoms with van der Waals surface area (Å²) in [5, 5.41) is 10.7. The third-order valence-electron chi connectivity index (χ3n) is 2.42. The Hall–Kier alpha value is -0.220. The smallest absolute Gasteiger partial charge is 0.107 e. The molecule has 1 N–H and O–H groups in total. The van der Waals surface area contributed by atoms with Gasteiger partial charge in [-0.2, -0.15) is 11.8 Å². The van der Waals surface area contributed by atoms with Crippen LogP contribution in [0.2, 0.25) is 5.02 Å². The number of aliphatic hydroxyl groups excluding tert-OH is 1. The lowest BCUT2D eigenvalue weighted by molar-refractivity contribution is -0.0227. The Morgan fingerprint density at radius 2 is 2.27 bits per heavy atom. The zero-order valence-electron chi connectivity index (χ0n) is 8.23. The molecule has 1 aliphatic rings. The van der Waals surface area contributed by atoms with Crippen molar-refractivity contribution in [2.45, 2.75) is 12.2 Å². The zero-order chi connectivity index (χ0) is 10.7. The second-order valence-corrected chi connectivity index (χ2v) is 5.01. The third kappa shape index (κ3) is 2.67. The van der Waals surface area contributed by atoms with Crippen molar-refractivity contribution < 1.29 is 9.84 Å². The van der Waals surface area contributed by atoms with Crippen LogP contribution in [0.15, 0.2) is 24.3 Å². The van der Waals surface area contributed by atoms with E-state index < -0.39 is 6.10 Å². The highest BCUT2D eigenvalue weighted by Gasteiger charge is 2.25. The Morgan fingerprint density at radius 3 is 2.93 bits per heavy atom. The van der Waals surface area contributed by atoms with Gasteiger partial charge in [0.2, 0.25) is 0 Å². The molecule has 1 saturated heterocycles. The van der Waals surface area contributed by atoms with Crippen molar-refractivity contribution in [3.05, 3.63) is 34.9 Å². The number of thioether (sulfide) groups is 1. The Balaban J connectivity index is 2.12. The Kier molecular flexibility index (Phi) is 3.92. The predicted molar refractivity (Wildman–Crippen MR) is 63.5 cm³/mol. The zero-order valence-corrected chi connectivity index (χ0v) is 9.80. The number of hydrogen-bond acceptors (Lipinski definition) is 3. The van der Waals surface area contributed by atoms with Gasteiger partial charge in [-0.05, 0) is 6.07 Å². The minimum Gasteiger partial charge on any atom is -0.386 e. The van der Waals surface area contributed by atoms with Crippen LogP contribution < -0.4 is 0 Å². The van der Waals surface area contributed by atoms with E-state index in [1.165, 1.54) is 0 Å². The van der Waals surface area contributed by atoms with Gasteiger partial charge in [-0.3, -0.25) is 0 Å². The molecule has 0 amide bonds. The second kappa shape index (κ2) is 5.21. The molecule has 15 heavy (non-hydrogen) atoms. The molecule has 1 aliphatic heterocycles. The van der Waals surface area contributed by atoms with Crippen molar-refractivity contribution in [1.82, 2.24) is 0 Å². The normalized spacial score (nSPS) is 23.7. The average molecular weight is 245 g/mol. The summed E-state index contributed by atoms with van der Waals surface area (Å²) >= 11 is 7.82. The van der Waals surface area contributed by atoms with Gasteiger partial charge in [0.25, 0.3) is 0 Å². The molecule has 4 heteroatoms. The van der Waals surface area contributed by atoms with Gasteiger partial charge in [-0.25, -0.2) is 0 Å². The molecule has 2 atom stereocenters. The van der Waals surface area contributed by atoms with E-state index in [1.807, 2.05) is 18.2 Å². The highest BCUT2D eigenvalue weighted by Crippen LogP contribution is 2.29. The first-order valence-corrected chi connectivity index (χ1v) is 6.44. The fourth-order valence-electron chi connectivity index (χ4n) is 1.60. The van der Waals surface area contributed by atoms with Crippen molar-refractivity contribution >= 4 is 23.4 Å². The lowest BCUT2D eigenvalue weighted by atomic mass is 10.1. The van der Waals surface area contributed by atoms with E-state index in [2.05, 4.69) is 0 Å². The minimum atomic E-state index is -0.619. The summed E-state index contributed by atoms with van der Waals surface area (Å²) < 4.78 is 5.52. The van der Waals surface area contributed by atoms with Gasteiger partial charge in [0.1, 0.15) is 6.10 Å². The van der Waals surface area contributed by atoms with E-state index in [9.17, 15) is 5.11 Å². The van der Waals surface area contributed by atoms with Crippen LogP contribution in [-0.4, -0.2) is 29.3 Å². The summed E-state index contributed by atoms with van der Waals surface area (Å²) in [4.78, 5) is 0. The average Bonchev–Trinajstić information content (AvgIpc) is 2.30. The molecule has 0 aromatic heterocycles. The second-order valence-electron chi connectivity index (χ2n) is 3.45. The first kappa shape index (κ1) is 11.3. The van der Waals surface area contributed by atoms with Crippen LogP contribution in [0.25, 0.3) is 0 Å². The van der Waals surface area contributed by atoms with Gasteiger partial charge in [-0.1, -0.05) is 29.8 Å².